The van der Waals surface area contributed by atoms with Gasteiger partial charge < -0.3 is 15.4 Å². The van der Waals surface area contributed by atoms with Crippen LogP contribution in [-0.4, -0.2) is 32.5 Å². The average molecular weight is 483 g/mol. The molecular formula is C22H18N4O5S2. The zero-order valence-corrected chi connectivity index (χ0v) is 18.9. The monoisotopic (exact) mass is 482 g/mol. The Kier molecular flexibility index (Phi) is 6.24. The van der Waals surface area contributed by atoms with Crippen molar-refractivity contribution in [1.82, 2.24) is 4.98 Å². The maximum Gasteiger partial charge on any atom is 0.337 e. The van der Waals surface area contributed by atoms with E-state index in [4.69, 9.17) is 0 Å². The van der Waals surface area contributed by atoms with Crippen LogP contribution in [0, 0.1) is 0 Å². The normalized spacial score (nSPS) is 11.1. The molecule has 0 atom stereocenters. The molecular weight excluding hydrogens is 464 g/mol. The van der Waals surface area contributed by atoms with Crippen LogP contribution in [0.2, 0.25) is 0 Å². The molecule has 0 radical (unpaired) electrons. The molecule has 1 aromatic heterocycles. The van der Waals surface area contributed by atoms with E-state index in [1.54, 1.807) is 54.6 Å². The number of nitrogens with zero attached hydrogens (tertiary/aromatic N) is 1. The zero-order valence-electron chi connectivity index (χ0n) is 17.2. The molecule has 3 aromatic carbocycles. The lowest BCUT2D eigenvalue weighted by Gasteiger charge is -2.08. The molecule has 4 aromatic rings. The average Bonchev–Trinajstić information content (AvgIpc) is 3.20. The highest BCUT2D eigenvalue weighted by molar-refractivity contribution is 7.93. The van der Waals surface area contributed by atoms with E-state index in [9.17, 15) is 18.0 Å². The van der Waals surface area contributed by atoms with Crippen molar-refractivity contribution in [1.29, 1.82) is 0 Å². The van der Waals surface area contributed by atoms with Crippen molar-refractivity contribution in [2.75, 3.05) is 22.5 Å². The first-order chi connectivity index (χ1) is 15.8. The number of sulfonamides is 1. The summed E-state index contributed by atoms with van der Waals surface area (Å²) >= 11 is 1.18. The number of carbonyl (C=O) groups is 2. The highest BCUT2D eigenvalue weighted by Crippen LogP contribution is 2.29. The molecule has 2 amide bonds. The summed E-state index contributed by atoms with van der Waals surface area (Å²) in [6.07, 6.45) is 0. The van der Waals surface area contributed by atoms with Gasteiger partial charge in [-0.3, -0.25) is 4.72 Å². The van der Waals surface area contributed by atoms with Crippen molar-refractivity contribution in [2.45, 2.75) is 4.90 Å². The number of amides is 2. The smallest absolute Gasteiger partial charge is 0.337 e. The van der Waals surface area contributed by atoms with E-state index >= 15 is 0 Å². The summed E-state index contributed by atoms with van der Waals surface area (Å²) in [7, 11) is -2.47. The van der Waals surface area contributed by atoms with Gasteiger partial charge in [-0.05, 0) is 48.5 Å². The van der Waals surface area contributed by atoms with Gasteiger partial charge in [0, 0.05) is 11.4 Å². The van der Waals surface area contributed by atoms with E-state index in [0.717, 1.165) is 4.70 Å². The van der Waals surface area contributed by atoms with E-state index in [1.165, 1.54) is 36.6 Å². The van der Waals surface area contributed by atoms with Gasteiger partial charge in [0.2, 0.25) is 0 Å². The molecule has 0 saturated carbocycles. The molecule has 0 aliphatic carbocycles. The maximum absolute atomic E-state index is 12.5. The van der Waals surface area contributed by atoms with Crippen molar-refractivity contribution in [2.24, 2.45) is 0 Å². The number of ether oxygens (including phenoxy) is 1. The van der Waals surface area contributed by atoms with Gasteiger partial charge in [0.05, 0.1) is 27.8 Å². The minimum absolute atomic E-state index is 0.138. The third-order valence-corrected chi connectivity index (χ3v) is 6.90. The highest BCUT2D eigenvalue weighted by Gasteiger charge is 2.16. The van der Waals surface area contributed by atoms with Crippen molar-refractivity contribution in [3.63, 3.8) is 0 Å². The number of benzene rings is 3. The SMILES string of the molecule is COC(=O)c1cccc(NC(=O)Nc2ccc3sc(NS(=O)(=O)c4ccccc4)nc3c2)c1. The van der Waals surface area contributed by atoms with E-state index in [2.05, 4.69) is 25.1 Å². The first kappa shape index (κ1) is 22.2. The van der Waals surface area contributed by atoms with Crippen LogP contribution in [0.4, 0.5) is 21.3 Å². The lowest BCUT2D eigenvalue weighted by molar-refractivity contribution is 0.0600. The molecule has 33 heavy (non-hydrogen) atoms. The van der Waals surface area contributed by atoms with Crippen LogP contribution in [-0.2, 0) is 14.8 Å². The molecule has 0 spiro atoms. The van der Waals surface area contributed by atoms with Gasteiger partial charge in [-0.15, -0.1) is 0 Å². The molecule has 1 heterocycles. The predicted octanol–water partition coefficient (Wildman–Crippen LogP) is 4.53. The standard InChI is InChI=1S/C22H18N4O5S2/c1-31-20(27)14-6-5-7-15(12-14)23-21(28)24-16-10-11-19-18(13-16)25-22(32-19)26-33(29,30)17-8-3-2-4-9-17/h2-13H,1H3,(H,25,26)(H2,23,24,28). The fourth-order valence-corrected chi connectivity index (χ4v) is 5.06. The third kappa shape index (κ3) is 5.27. The first-order valence-corrected chi connectivity index (χ1v) is 11.9. The zero-order chi connectivity index (χ0) is 23.4. The molecule has 11 heteroatoms. The number of anilines is 3. The number of rotatable bonds is 6. The first-order valence-electron chi connectivity index (χ1n) is 9.59. The second kappa shape index (κ2) is 9.27. The molecule has 0 unspecified atom stereocenters. The molecule has 0 saturated heterocycles. The van der Waals surface area contributed by atoms with Gasteiger partial charge >= 0.3 is 12.0 Å². The van der Waals surface area contributed by atoms with Crippen LogP contribution in [0.15, 0.2) is 77.7 Å². The molecule has 9 nitrogen and oxygen atoms in total. The van der Waals surface area contributed by atoms with Crippen molar-refractivity contribution in [3.8, 4) is 0 Å². The number of fused-ring (bicyclic) bond motifs is 1. The van der Waals surface area contributed by atoms with E-state index < -0.39 is 22.0 Å². The van der Waals surface area contributed by atoms with E-state index in [0.29, 0.717) is 22.5 Å². The molecule has 0 aliphatic rings. The third-order valence-electron chi connectivity index (χ3n) is 4.46. The van der Waals surface area contributed by atoms with Crippen LogP contribution in [0.1, 0.15) is 10.4 Å². The Morgan fingerprint density at radius 2 is 1.64 bits per heavy atom. The van der Waals surface area contributed by atoms with Gasteiger partial charge in [-0.2, -0.15) is 0 Å². The summed E-state index contributed by atoms with van der Waals surface area (Å²) in [5, 5.41) is 5.55. The number of urea groups is 1. The molecule has 4 rings (SSSR count). The molecule has 0 fully saturated rings. The number of esters is 1. The topological polar surface area (TPSA) is 126 Å². The van der Waals surface area contributed by atoms with Crippen molar-refractivity contribution < 1.29 is 22.7 Å². The number of hydrogen-bond donors (Lipinski definition) is 3. The van der Waals surface area contributed by atoms with E-state index in [-0.39, 0.29) is 10.0 Å². The number of thiazole rings is 1. The van der Waals surface area contributed by atoms with Crippen molar-refractivity contribution >= 4 is 60.1 Å². The fraction of sp³-hybridized carbons (Fsp3) is 0.0455. The van der Waals surface area contributed by atoms with Gasteiger partial charge in [-0.1, -0.05) is 35.6 Å². The van der Waals surface area contributed by atoms with Gasteiger partial charge in [0.1, 0.15) is 0 Å². The number of nitrogens with one attached hydrogen (secondary N) is 3. The quantitative estimate of drug-likeness (QED) is 0.347. The minimum Gasteiger partial charge on any atom is -0.465 e. The number of carbonyl (C=O) groups excluding carboxylic acids is 2. The second-order valence-corrected chi connectivity index (χ2v) is 9.48. The Balaban J connectivity index is 1.46. The maximum atomic E-state index is 12.5. The van der Waals surface area contributed by atoms with Crippen LogP contribution in [0.25, 0.3) is 10.2 Å². The summed E-state index contributed by atoms with van der Waals surface area (Å²) in [5.41, 5.74) is 1.72. The lowest BCUT2D eigenvalue weighted by Crippen LogP contribution is -2.19. The van der Waals surface area contributed by atoms with Crippen LogP contribution in [0.5, 0.6) is 0 Å². The molecule has 0 aliphatic heterocycles. The summed E-state index contributed by atoms with van der Waals surface area (Å²) in [4.78, 5) is 28.5. The Hall–Kier alpha value is -3.96. The van der Waals surface area contributed by atoms with Crippen LogP contribution < -0.4 is 15.4 Å². The fourth-order valence-electron chi connectivity index (χ4n) is 2.96. The molecule has 3 N–H and O–H groups in total. The summed E-state index contributed by atoms with van der Waals surface area (Å²) in [5.74, 6) is -0.508. The van der Waals surface area contributed by atoms with Crippen molar-refractivity contribution in [3.05, 3.63) is 78.4 Å². The minimum atomic E-state index is -3.75. The Bertz CT molecular complexity index is 1440. The largest absolute Gasteiger partial charge is 0.465 e. The number of aromatic nitrogens is 1. The molecule has 0 bridgehead atoms. The lowest BCUT2D eigenvalue weighted by atomic mass is 10.2. The summed E-state index contributed by atoms with van der Waals surface area (Å²) < 4.78 is 32.9. The van der Waals surface area contributed by atoms with E-state index in [1.807, 2.05) is 0 Å². The van der Waals surface area contributed by atoms with Crippen LogP contribution in [0.3, 0.4) is 0 Å². The number of methoxy groups -OCH3 is 1. The van der Waals surface area contributed by atoms with Crippen LogP contribution >= 0.6 is 11.3 Å². The Morgan fingerprint density at radius 3 is 2.36 bits per heavy atom. The highest BCUT2D eigenvalue weighted by atomic mass is 32.2. The molecule has 168 valence electrons. The second-order valence-electron chi connectivity index (χ2n) is 6.77. The number of hydrogen-bond acceptors (Lipinski definition) is 7. The van der Waals surface area contributed by atoms with Gasteiger partial charge in [0.15, 0.2) is 5.13 Å². The van der Waals surface area contributed by atoms with Gasteiger partial charge in [0.25, 0.3) is 10.0 Å². The van der Waals surface area contributed by atoms with Gasteiger partial charge in [-0.25, -0.2) is 23.0 Å². The Morgan fingerprint density at radius 1 is 0.909 bits per heavy atom. The predicted molar refractivity (Wildman–Crippen MR) is 127 cm³/mol. The summed E-state index contributed by atoms with van der Waals surface area (Å²) in [6.45, 7) is 0. The summed E-state index contributed by atoms with van der Waals surface area (Å²) in [6, 6.07) is 18.9. The Labute approximate surface area is 193 Å².